The highest BCUT2D eigenvalue weighted by Crippen LogP contribution is 2.18. The molecule has 1 atom stereocenters. The molecule has 1 unspecified atom stereocenters. The van der Waals surface area contributed by atoms with Crippen molar-refractivity contribution in [3.63, 3.8) is 0 Å². The monoisotopic (exact) mass is 322 g/mol. The molecule has 5 heteroatoms. The van der Waals surface area contributed by atoms with Gasteiger partial charge in [0.25, 0.3) is 0 Å². The number of nitrogens with zero attached hydrogens (tertiary/aromatic N) is 3. The maximum absolute atomic E-state index is 6.23. The highest BCUT2D eigenvalue weighted by atomic mass is 79.9. The molecule has 0 aliphatic rings. The fraction of sp³-hybridized carbons (Fsp3) is 0.429. The molecule has 0 fully saturated rings. The van der Waals surface area contributed by atoms with Crippen molar-refractivity contribution in [2.75, 3.05) is 0 Å². The lowest BCUT2D eigenvalue weighted by Crippen LogP contribution is -2.27. The Morgan fingerprint density at radius 3 is 2.68 bits per heavy atom. The summed E-state index contributed by atoms with van der Waals surface area (Å²) in [5, 5.41) is 4.23. The molecule has 0 spiro atoms. The summed E-state index contributed by atoms with van der Waals surface area (Å²) in [5.41, 5.74) is 7.46. The van der Waals surface area contributed by atoms with Crippen molar-refractivity contribution < 1.29 is 0 Å². The van der Waals surface area contributed by atoms with Gasteiger partial charge in [-0.2, -0.15) is 5.10 Å². The Kier molecular flexibility index (Phi) is 4.71. The summed E-state index contributed by atoms with van der Waals surface area (Å²) in [6.07, 6.45) is 3.16. The van der Waals surface area contributed by atoms with Gasteiger partial charge in [-0.1, -0.05) is 34.1 Å². The molecule has 0 saturated heterocycles. The summed E-state index contributed by atoms with van der Waals surface area (Å²) in [6.45, 7) is 4.19. The molecular formula is C14H19BrN4. The van der Waals surface area contributed by atoms with Gasteiger partial charge in [0.05, 0.1) is 0 Å². The van der Waals surface area contributed by atoms with Crippen molar-refractivity contribution in [3.8, 4) is 0 Å². The van der Waals surface area contributed by atoms with Gasteiger partial charge in [-0.05, 0) is 31.9 Å². The van der Waals surface area contributed by atoms with E-state index in [2.05, 4.69) is 45.9 Å². The lowest BCUT2D eigenvalue weighted by Gasteiger charge is -2.14. The normalized spacial score (nSPS) is 12.9. The number of nitrogens with two attached hydrogens (primary N) is 1. The van der Waals surface area contributed by atoms with Crippen molar-refractivity contribution in [1.82, 2.24) is 14.8 Å². The summed E-state index contributed by atoms with van der Waals surface area (Å²) in [7, 11) is 0. The Bertz CT molecular complexity index is 536. The summed E-state index contributed by atoms with van der Waals surface area (Å²) in [4.78, 5) is 4.30. The maximum Gasteiger partial charge on any atom is 0.138 e. The van der Waals surface area contributed by atoms with Crippen LogP contribution in [-0.2, 0) is 12.8 Å². The van der Waals surface area contributed by atoms with Gasteiger partial charge in [-0.25, -0.2) is 9.67 Å². The van der Waals surface area contributed by atoms with Crippen LogP contribution in [0.4, 0.5) is 0 Å². The lowest BCUT2D eigenvalue weighted by molar-refractivity contribution is 0.489. The number of halogens is 1. The first-order valence-electron chi connectivity index (χ1n) is 6.45. The first-order chi connectivity index (χ1) is 9.08. The zero-order valence-corrected chi connectivity index (χ0v) is 12.8. The van der Waals surface area contributed by atoms with Crippen LogP contribution in [0.5, 0.6) is 0 Å². The van der Waals surface area contributed by atoms with Crippen LogP contribution in [0.25, 0.3) is 0 Å². The van der Waals surface area contributed by atoms with Crippen LogP contribution < -0.4 is 5.73 Å². The Hall–Kier alpha value is -1.20. The van der Waals surface area contributed by atoms with E-state index in [1.165, 1.54) is 5.56 Å². The molecule has 1 heterocycles. The van der Waals surface area contributed by atoms with Gasteiger partial charge in [-0.3, -0.25) is 0 Å². The van der Waals surface area contributed by atoms with Crippen molar-refractivity contribution >= 4 is 15.9 Å². The second-order valence-electron chi connectivity index (χ2n) is 4.97. The highest BCUT2D eigenvalue weighted by molar-refractivity contribution is 9.10. The fourth-order valence-electron chi connectivity index (χ4n) is 2.10. The molecule has 0 amide bonds. The van der Waals surface area contributed by atoms with Gasteiger partial charge in [0.1, 0.15) is 12.2 Å². The van der Waals surface area contributed by atoms with E-state index in [1.807, 2.05) is 22.9 Å². The van der Waals surface area contributed by atoms with Gasteiger partial charge in [0.15, 0.2) is 0 Å². The number of hydrogen-bond acceptors (Lipinski definition) is 3. The van der Waals surface area contributed by atoms with E-state index in [4.69, 9.17) is 5.73 Å². The summed E-state index contributed by atoms with van der Waals surface area (Å²) >= 11 is 3.55. The third-order valence-corrected chi connectivity index (χ3v) is 3.79. The van der Waals surface area contributed by atoms with E-state index >= 15 is 0 Å². The third kappa shape index (κ3) is 3.64. The van der Waals surface area contributed by atoms with E-state index < -0.39 is 0 Å². The molecule has 2 N–H and O–H groups in total. The molecule has 1 aromatic heterocycles. The van der Waals surface area contributed by atoms with Crippen molar-refractivity contribution in [1.29, 1.82) is 0 Å². The van der Waals surface area contributed by atoms with Crippen LogP contribution in [0.3, 0.4) is 0 Å². The number of rotatable bonds is 5. The minimum Gasteiger partial charge on any atom is -0.327 e. The van der Waals surface area contributed by atoms with Gasteiger partial charge in [-0.15, -0.1) is 0 Å². The molecule has 0 bridgehead atoms. The average Bonchev–Trinajstić information content (AvgIpc) is 2.80. The van der Waals surface area contributed by atoms with Gasteiger partial charge in [0, 0.05) is 23.0 Å². The second kappa shape index (κ2) is 6.30. The molecule has 0 aliphatic heterocycles. The Morgan fingerprint density at radius 2 is 2.00 bits per heavy atom. The topological polar surface area (TPSA) is 56.7 Å². The molecule has 2 aromatic rings. The van der Waals surface area contributed by atoms with Crippen LogP contribution >= 0.6 is 15.9 Å². The summed E-state index contributed by atoms with van der Waals surface area (Å²) < 4.78 is 3.04. The summed E-state index contributed by atoms with van der Waals surface area (Å²) in [6, 6.07) is 8.53. The standard InChI is InChI=1S/C14H19BrN4/c1-10(2)19-14(17-9-18-19)8-12(16)7-11-5-3-4-6-13(11)15/h3-6,9-10,12H,7-8,16H2,1-2H3. The molecule has 102 valence electrons. The molecule has 2 rings (SSSR count). The van der Waals surface area contributed by atoms with E-state index in [-0.39, 0.29) is 6.04 Å². The Balaban J connectivity index is 2.03. The van der Waals surface area contributed by atoms with Crippen molar-refractivity contribution in [2.24, 2.45) is 5.73 Å². The van der Waals surface area contributed by atoms with Crippen LogP contribution in [0.15, 0.2) is 35.1 Å². The number of benzene rings is 1. The molecule has 19 heavy (non-hydrogen) atoms. The van der Waals surface area contributed by atoms with E-state index in [0.29, 0.717) is 6.04 Å². The first kappa shape index (κ1) is 14.2. The fourth-order valence-corrected chi connectivity index (χ4v) is 2.55. The molecule has 0 saturated carbocycles. The van der Waals surface area contributed by atoms with Gasteiger partial charge < -0.3 is 5.73 Å². The average molecular weight is 323 g/mol. The van der Waals surface area contributed by atoms with Crippen LogP contribution in [0.1, 0.15) is 31.3 Å². The molecule has 0 radical (unpaired) electrons. The second-order valence-corrected chi connectivity index (χ2v) is 5.83. The molecule has 4 nitrogen and oxygen atoms in total. The predicted octanol–water partition coefficient (Wildman–Crippen LogP) is 2.73. The van der Waals surface area contributed by atoms with Crippen LogP contribution in [-0.4, -0.2) is 20.8 Å². The minimum absolute atomic E-state index is 0.0420. The Labute approximate surface area is 122 Å². The Morgan fingerprint density at radius 1 is 1.26 bits per heavy atom. The van der Waals surface area contributed by atoms with Gasteiger partial charge in [0.2, 0.25) is 0 Å². The smallest absolute Gasteiger partial charge is 0.138 e. The third-order valence-electron chi connectivity index (χ3n) is 3.02. The first-order valence-corrected chi connectivity index (χ1v) is 7.24. The zero-order chi connectivity index (χ0) is 13.8. The number of hydrogen-bond donors (Lipinski definition) is 1. The quantitative estimate of drug-likeness (QED) is 0.920. The molecule has 0 aliphatic carbocycles. The van der Waals surface area contributed by atoms with E-state index in [0.717, 1.165) is 23.1 Å². The minimum atomic E-state index is 0.0420. The summed E-state index contributed by atoms with van der Waals surface area (Å²) in [5.74, 6) is 0.953. The van der Waals surface area contributed by atoms with Crippen molar-refractivity contribution in [3.05, 3.63) is 46.5 Å². The molecule has 1 aromatic carbocycles. The maximum atomic E-state index is 6.23. The highest BCUT2D eigenvalue weighted by Gasteiger charge is 2.13. The van der Waals surface area contributed by atoms with E-state index in [1.54, 1.807) is 6.33 Å². The SMILES string of the molecule is CC(C)n1ncnc1CC(N)Cc1ccccc1Br. The van der Waals surface area contributed by atoms with Crippen LogP contribution in [0, 0.1) is 0 Å². The van der Waals surface area contributed by atoms with E-state index in [9.17, 15) is 0 Å². The zero-order valence-electron chi connectivity index (χ0n) is 11.3. The molecular weight excluding hydrogens is 304 g/mol. The van der Waals surface area contributed by atoms with Crippen molar-refractivity contribution in [2.45, 2.75) is 38.8 Å². The van der Waals surface area contributed by atoms with Gasteiger partial charge >= 0.3 is 0 Å². The van der Waals surface area contributed by atoms with Crippen LogP contribution in [0.2, 0.25) is 0 Å². The lowest BCUT2D eigenvalue weighted by atomic mass is 10.0. The number of aromatic nitrogens is 3. The largest absolute Gasteiger partial charge is 0.327 e. The predicted molar refractivity (Wildman–Crippen MR) is 79.9 cm³/mol.